The Bertz CT molecular complexity index is 1110. The standard InChI is InChI=1S/C28H35N3O6/c1-3-4-5-16-37-22-7-6-21(19-23(22)35-2)25-24(26(32)20-8-10-29-11-9-20)27(33)28(34)31(25)13-12-30-14-17-36-18-15-30/h6-11,19,25,32H,3-5,12-18H2,1-2H3/b26-24+. The average molecular weight is 510 g/mol. The molecule has 0 radical (unpaired) electrons. The number of ether oxygens (including phenoxy) is 3. The van der Waals surface area contributed by atoms with Crippen LogP contribution < -0.4 is 9.47 Å². The Labute approximate surface area is 217 Å². The smallest absolute Gasteiger partial charge is 0.295 e. The maximum Gasteiger partial charge on any atom is 0.295 e. The predicted octanol–water partition coefficient (Wildman–Crippen LogP) is 3.41. The number of methoxy groups -OCH3 is 1. The highest BCUT2D eigenvalue weighted by atomic mass is 16.5. The Balaban J connectivity index is 1.69. The van der Waals surface area contributed by atoms with E-state index in [1.165, 1.54) is 12.4 Å². The number of amides is 1. The van der Waals surface area contributed by atoms with E-state index in [1.807, 2.05) is 6.07 Å². The van der Waals surface area contributed by atoms with Gasteiger partial charge >= 0.3 is 0 Å². The zero-order chi connectivity index (χ0) is 26.2. The number of hydrogen-bond acceptors (Lipinski definition) is 8. The van der Waals surface area contributed by atoms with Crippen molar-refractivity contribution in [2.45, 2.75) is 32.2 Å². The summed E-state index contributed by atoms with van der Waals surface area (Å²) in [6.45, 7) is 6.45. The Morgan fingerprint density at radius 3 is 2.54 bits per heavy atom. The minimum atomic E-state index is -0.766. The van der Waals surface area contributed by atoms with E-state index in [-0.39, 0.29) is 11.3 Å². The fourth-order valence-electron chi connectivity index (χ4n) is 4.70. The summed E-state index contributed by atoms with van der Waals surface area (Å²) in [4.78, 5) is 34.3. The molecule has 1 aromatic heterocycles. The lowest BCUT2D eigenvalue weighted by molar-refractivity contribution is -0.140. The van der Waals surface area contributed by atoms with Crippen molar-refractivity contribution in [2.75, 3.05) is 53.1 Å². The van der Waals surface area contributed by atoms with Crippen molar-refractivity contribution >= 4 is 17.4 Å². The van der Waals surface area contributed by atoms with E-state index in [2.05, 4.69) is 16.8 Å². The van der Waals surface area contributed by atoms with Crippen molar-refractivity contribution < 1.29 is 28.9 Å². The van der Waals surface area contributed by atoms with Crippen LogP contribution in [0.1, 0.15) is 43.4 Å². The minimum Gasteiger partial charge on any atom is -0.507 e. The molecular formula is C28H35N3O6. The molecule has 198 valence electrons. The molecule has 0 saturated carbocycles. The lowest BCUT2D eigenvalue weighted by atomic mass is 9.95. The fraction of sp³-hybridized carbons (Fsp3) is 0.464. The zero-order valence-corrected chi connectivity index (χ0v) is 21.5. The molecule has 3 heterocycles. The van der Waals surface area contributed by atoms with Crippen molar-refractivity contribution in [3.63, 3.8) is 0 Å². The number of carbonyl (C=O) groups is 2. The highest BCUT2D eigenvalue weighted by Gasteiger charge is 2.46. The van der Waals surface area contributed by atoms with Gasteiger partial charge in [0.15, 0.2) is 11.5 Å². The molecule has 2 fully saturated rings. The van der Waals surface area contributed by atoms with Gasteiger partial charge in [-0.05, 0) is 36.2 Å². The lowest BCUT2D eigenvalue weighted by Crippen LogP contribution is -2.42. The number of hydrogen-bond donors (Lipinski definition) is 1. The molecule has 2 aliphatic heterocycles. The molecule has 37 heavy (non-hydrogen) atoms. The molecular weight excluding hydrogens is 474 g/mol. The molecule has 4 rings (SSSR count). The molecule has 1 atom stereocenters. The molecule has 0 bridgehead atoms. The van der Waals surface area contributed by atoms with E-state index in [0.717, 1.165) is 32.4 Å². The number of aliphatic hydroxyl groups is 1. The molecule has 9 heteroatoms. The first kappa shape index (κ1) is 26.6. The van der Waals surface area contributed by atoms with E-state index in [0.29, 0.717) is 55.5 Å². The molecule has 1 amide bonds. The molecule has 2 saturated heterocycles. The lowest BCUT2D eigenvalue weighted by Gasteiger charge is -2.31. The van der Waals surface area contributed by atoms with Gasteiger partial charge < -0.3 is 24.2 Å². The highest BCUT2D eigenvalue weighted by Crippen LogP contribution is 2.41. The number of nitrogens with zero attached hydrogens (tertiary/aromatic N) is 3. The first-order chi connectivity index (χ1) is 18.0. The van der Waals surface area contributed by atoms with E-state index in [1.54, 1.807) is 36.3 Å². The summed E-state index contributed by atoms with van der Waals surface area (Å²) in [6.07, 6.45) is 6.18. The van der Waals surface area contributed by atoms with E-state index < -0.39 is 17.7 Å². The van der Waals surface area contributed by atoms with Gasteiger partial charge in [-0.25, -0.2) is 0 Å². The summed E-state index contributed by atoms with van der Waals surface area (Å²) >= 11 is 0. The number of Topliss-reactive ketones (excluding diaryl/α,β-unsaturated/α-hetero) is 1. The third kappa shape index (κ3) is 6.11. The zero-order valence-electron chi connectivity index (χ0n) is 21.5. The van der Waals surface area contributed by atoms with Gasteiger partial charge in [-0.1, -0.05) is 25.8 Å². The van der Waals surface area contributed by atoms with Crippen molar-refractivity contribution in [3.8, 4) is 11.5 Å². The van der Waals surface area contributed by atoms with Crippen LogP contribution in [0.5, 0.6) is 11.5 Å². The van der Waals surface area contributed by atoms with Crippen LogP contribution in [0.3, 0.4) is 0 Å². The maximum absolute atomic E-state index is 13.3. The van der Waals surface area contributed by atoms with Crippen LogP contribution in [0, 0.1) is 0 Å². The summed E-state index contributed by atoms with van der Waals surface area (Å²) in [5.74, 6) is -0.454. The highest BCUT2D eigenvalue weighted by molar-refractivity contribution is 6.46. The van der Waals surface area contributed by atoms with Crippen LogP contribution in [0.2, 0.25) is 0 Å². The normalized spacial score (nSPS) is 19.8. The minimum absolute atomic E-state index is 0.0526. The Morgan fingerprint density at radius 2 is 1.84 bits per heavy atom. The maximum atomic E-state index is 13.3. The molecule has 1 unspecified atom stereocenters. The summed E-state index contributed by atoms with van der Waals surface area (Å²) in [6, 6.07) is 7.87. The topological polar surface area (TPSA) is 101 Å². The number of likely N-dealkylation sites (tertiary alicyclic amines) is 1. The largest absolute Gasteiger partial charge is 0.507 e. The second-order valence-corrected chi connectivity index (χ2v) is 9.15. The second-order valence-electron chi connectivity index (χ2n) is 9.15. The van der Waals surface area contributed by atoms with Crippen LogP contribution in [0.4, 0.5) is 0 Å². The number of aliphatic hydroxyl groups excluding tert-OH is 1. The first-order valence-corrected chi connectivity index (χ1v) is 12.8. The molecule has 2 aliphatic rings. The van der Waals surface area contributed by atoms with Gasteiger partial charge in [0.1, 0.15) is 5.76 Å². The Kier molecular flexibility index (Phi) is 9.14. The summed E-state index contributed by atoms with van der Waals surface area (Å²) in [5.41, 5.74) is 1.14. The van der Waals surface area contributed by atoms with E-state index >= 15 is 0 Å². The average Bonchev–Trinajstić information content (AvgIpc) is 3.19. The number of carbonyl (C=O) groups excluding carboxylic acids is 2. The number of aromatic nitrogens is 1. The molecule has 2 aromatic rings. The van der Waals surface area contributed by atoms with Crippen molar-refractivity contribution in [1.29, 1.82) is 0 Å². The van der Waals surface area contributed by atoms with Crippen molar-refractivity contribution in [2.24, 2.45) is 0 Å². The predicted molar refractivity (Wildman–Crippen MR) is 139 cm³/mol. The number of rotatable bonds is 11. The van der Waals surface area contributed by atoms with E-state index in [4.69, 9.17) is 14.2 Å². The second kappa shape index (κ2) is 12.7. The monoisotopic (exact) mass is 509 g/mol. The number of morpholine rings is 1. The van der Waals surface area contributed by atoms with Gasteiger partial charge in [0.05, 0.1) is 38.5 Å². The summed E-state index contributed by atoms with van der Waals surface area (Å²) in [7, 11) is 1.56. The number of pyridine rings is 1. The summed E-state index contributed by atoms with van der Waals surface area (Å²) in [5, 5.41) is 11.2. The van der Waals surface area contributed by atoms with Crippen LogP contribution in [0.25, 0.3) is 5.76 Å². The van der Waals surface area contributed by atoms with Crippen LogP contribution in [-0.4, -0.2) is 84.7 Å². The van der Waals surface area contributed by atoms with Crippen molar-refractivity contribution in [1.82, 2.24) is 14.8 Å². The van der Waals surface area contributed by atoms with Gasteiger partial charge in [-0.2, -0.15) is 0 Å². The van der Waals surface area contributed by atoms with Gasteiger partial charge in [0, 0.05) is 44.1 Å². The number of benzene rings is 1. The Hall–Kier alpha value is -3.43. The Morgan fingerprint density at radius 1 is 1.08 bits per heavy atom. The van der Waals surface area contributed by atoms with Gasteiger partial charge in [-0.15, -0.1) is 0 Å². The van der Waals surface area contributed by atoms with Crippen LogP contribution in [-0.2, 0) is 14.3 Å². The number of ketones is 1. The number of unbranched alkanes of at least 4 members (excludes halogenated alkanes) is 2. The quantitative estimate of drug-likeness (QED) is 0.213. The molecule has 0 aliphatic carbocycles. The SMILES string of the molecule is CCCCCOc1ccc(C2/C(=C(\O)c3ccncc3)C(=O)C(=O)N2CCN2CCOCC2)cc1OC. The summed E-state index contributed by atoms with van der Waals surface area (Å²) < 4.78 is 17.0. The van der Waals surface area contributed by atoms with Gasteiger partial charge in [0.2, 0.25) is 0 Å². The first-order valence-electron chi connectivity index (χ1n) is 12.8. The van der Waals surface area contributed by atoms with Crippen molar-refractivity contribution in [3.05, 3.63) is 59.4 Å². The van der Waals surface area contributed by atoms with Crippen LogP contribution in [0.15, 0.2) is 48.3 Å². The molecule has 9 nitrogen and oxygen atoms in total. The molecule has 1 aromatic carbocycles. The van der Waals surface area contributed by atoms with Gasteiger partial charge in [0.25, 0.3) is 11.7 Å². The fourth-order valence-corrected chi connectivity index (χ4v) is 4.70. The van der Waals surface area contributed by atoms with Gasteiger partial charge in [-0.3, -0.25) is 19.5 Å². The molecule has 0 spiro atoms. The van der Waals surface area contributed by atoms with E-state index in [9.17, 15) is 14.7 Å². The molecule has 1 N–H and O–H groups in total. The third-order valence-electron chi connectivity index (χ3n) is 6.76. The third-order valence-corrected chi connectivity index (χ3v) is 6.76. The van der Waals surface area contributed by atoms with Crippen LogP contribution >= 0.6 is 0 Å².